The Labute approximate surface area is 132 Å². The van der Waals surface area contributed by atoms with Gasteiger partial charge in [0.25, 0.3) is 5.91 Å². The molecule has 0 saturated heterocycles. The van der Waals surface area contributed by atoms with E-state index in [1.54, 1.807) is 18.2 Å². The van der Waals surface area contributed by atoms with Crippen LogP contribution in [0, 0.1) is 0 Å². The first-order valence-electron chi connectivity index (χ1n) is 6.17. The molecule has 1 N–H and O–H groups in total. The molecule has 0 aliphatic rings. The molecular weight excluding hydrogens is 307 g/mol. The lowest BCUT2D eigenvalue weighted by Crippen LogP contribution is -2.17. The van der Waals surface area contributed by atoms with Crippen molar-refractivity contribution in [3.63, 3.8) is 0 Å². The van der Waals surface area contributed by atoms with Gasteiger partial charge in [-0.2, -0.15) is 5.10 Å². The van der Waals surface area contributed by atoms with Crippen molar-refractivity contribution in [2.45, 2.75) is 0 Å². The number of nitrogens with zero attached hydrogens (tertiary/aromatic N) is 1. The van der Waals surface area contributed by atoms with Crippen LogP contribution in [0.15, 0.2) is 59.7 Å². The smallest absolute Gasteiger partial charge is 0.267 e. The van der Waals surface area contributed by atoms with Crippen molar-refractivity contribution in [3.05, 3.63) is 75.8 Å². The van der Waals surface area contributed by atoms with E-state index in [9.17, 15) is 4.79 Å². The number of halogens is 2. The van der Waals surface area contributed by atoms with Gasteiger partial charge >= 0.3 is 0 Å². The molecule has 21 heavy (non-hydrogen) atoms. The molecule has 1 amide bonds. The first-order chi connectivity index (χ1) is 10.2. The molecule has 0 radical (unpaired) electrons. The fourth-order valence-electron chi connectivity index (χ4n) is 1.56. The number of hydrogen-bond acceptors (Lipinski definition) is 2. The summed E-state index contributed by atoms with van der Waals surface area (Å²) in [6.07, 6.45) is 5.13. The van der Waals surface area contributed by atoms with Gasteiger partial charge < -0.3 is 0 Å². The fourth-order valence-corrected chi connectivity index (χ4v) is 1.86. The number of carbonyl (C=O) groups is 1. The van der Waals surface area contributed by atoms with Crippen molar-refractivity contribution in [1.82, 2.24) is 5.43 Å². The van der Waals surface area contributed by atoms with Crippen LogP contribution in [-0.4, -0.2) is 12.1 Å². The largest absolute Gasteiger partial charge is 0.271 e. The van der Waals surface area contributed by atoms with Crippen LogP contribution in [0.4, 0.5) is 0 Å². The van der Waals surface area contributed by atoms with Crippen LogP contribution in [0.3, 0.4) is 0 Å². The van der Waals surface area contributed by atoms with Crippen LogP contribution in [0.25, 0.3) is 6.08 Å². The molecule has 106 valence electrons. The Kier molecular flexibility index (Phi) is 5.55. The number of carbonyl (C=O) groups excluding carboxylic acids is 1. The summed E-state index contributed by atoms with van der Waals surface area (Å²) in [6.45, 7) is 0. The van der Waals surface area contributed by atoms with Crippen molar-refractivity contribution in [3.8, 4) is 0 Å². The molecule has 0 aromatic heterocycles. The maximum Gasteiger partial charge on any atom is 0.271 e. The minimum absolute atomic E-state index is 0.331. The second kappa shape index (κ2) is 7.62. The maximum atomic E-state index is 11.8. The highest BCUT2D eigenvalue weighted by molar-refractivity contribution is 6.42. The molecule has 2 aromatic carbocycles. The van der Waals surface area contributed by atoms with Gasteiger partial charge in [0.2, 0.25) is 0 Å². The number of amides is 1. The standard InChI is InChI=1S/C16H12Cl2N2O/c17-14-9-8-13(11-15(14)18)16(21)20-19-10-4-7-12-5-2-1-3-6-12/h1-11H,(H,20,21)/b7-4+,19-10+. The molecule has 0 unspecified atom stereocenters. The van der Waals surface area contributed by atoms with E-state index in [-0.39, 0.29) is 5.91 Å². The summed E-state index contributed by atoms with van der Waals surface area (Å²) in [5.74, 6) is -0.349. The summed E-state index contributed by atoms with van der Waals surface area (Å²) < 4.78 is 0. The van der Waals surface area contributed by atoms with Gasteiger partial charge in [-0.3, -0.25) is 4.79 Å². The van der Waals surface area contributed by atoms with E-state index in [4.69, 9.17) is 23.2 Å². The lowest BCUT2D eigenvalue weighted by molar-refractivity contribution is 0.0955. The lowest BCUT2D eigenvalue weighted by atomic mass is 10.2. The summed E-state index contributed by atoms with van der Waals surface area (Å²) in [5.41, 5.74) is 3.86. The highest BCUT2D eigenvalue weighted by Crippen LogP contribution is 2.22. The molecule has 0 fully saturated rings. The predicted octanol–water partition coefficient (Wildman–Crippen LogP) is 4.42. The van der Waals surface area contributed by atoms with Crippen molar-refractivity contribution in [2.75, 3.05) is 0 Å². The first kappa shape index (κ1) is 15.3. The minimum Gasteiger partial charge on any atom is -0.267 e. The minimum atomic E-state index is -0.349. The summed E-state index contributed by atoms with van der Waals surface area (Å²) >= 11 is 11.6. The number of rotatable bonds is 4. The van der Waals surface area contributed by atoms with Crippen LogP contribution in [0.5, 0.6) is 0 Å². The van der Waals surface area contributed by atoms with Crippen molar-refractivity contribution < 1.29 is 4.79 Å². The highest BCUT2D eigenvalue weighted by atomic mass is 35.5. The molecule has 2 rings (SSSR count). The van der Waals surface area contributed by atoms with Crippen molar-refractivity contribution >= 4 is 41.4 Å². The first-order valence-corrected chi connectivity index (χ1v) is 6.92. The van der Waals surface area contributed by atoms with Gasteiger partial charge in [-0.1, -0.05) is 59.6 Å². The quantitative estimate of drug-likeness (QED) is 0.658. The fraction of sp³-hybridized carbons (Fsp3) is 0. The normalized spacial score (nSPS) is 11.1. The van der Waals surface area contributed by atoms with E-state index in [0.717, 1.165) is 5.56 Å². The Balaban J connectivity index is 1.90. The zero-order chi connectivity index (χ0) is 15.1. The molecular formula is C16H12Cl2N2O. The van der Waals surface area contributed by atoms with Gasteiger partial charge in [0.15, 0.2) is 0 Å². The Hall–Kier alpha value is -2.10. The molecule has 3 nitrogen and oxygen atoms in total. The molecule has 0 bridgehead atoms. The zero-order valence-electron chi connectivity index (χ0n) is 11.0. The molecule has 0 atom stereocenters. The molecule has 5 heteroatoms. The number of allylic oxidation sites excluding steroid dienone is 1. The SMILES string of the molecule is O=C(N/N=C/C=C/c1ccccc1)c1ccc(Cl)c(Cl)c1. The molecule has 0 heterocycles. The number of hydrazone groups is 1. The van der Waals surface area contributed by atoms with E-state index in [2.05, 4.69) is 10.5 Å². The van der Waals surface area contributed by atoms with Crippen molar-refractivity contribution in [2.24, 2.45) is 5.10 Å². The topological polar surface area (TPSA) is 41.5 Å². The van der Waals surface area contributed by atoms with Crippen molar-refractivity contribution in [1.29, 1.82) is 0 Å². The van der Waals surface area contributed by atoms with Gasteiger partial charge in [-0.25, -0.2) is 5.43 Å². The Morgan fingerprint density at radius 1 is 1.05 bits per heavy atom. The summed E-state index contributed by atoms with van der Waals surface area (Å²) in [5, 5.41) is 4.56. The molecule has 0 spiro atoms. The summed E-state index contributed by atoms with van der Waals surface area (Å²) in [7, 11) is 0. The lowest BCUT2D eigenvalue weighted by Gasteiger charge is -2.01. The van der Waals surface area contributed by atoms with Gasteiger partial charge in [0.05, 0.1) is 10.0 Å². The van der Waals surface area contributed by atoms with Crippen LogP contribution in [-0.2, 0) is 0 Å². The van der Waals surface area contributed by atoms with Crippen LogP contribution < -0.4 is 5.43 Å². The molecule has 0 aliphatic heterocycles. The van der Waals surface area contributed by atoms with Crippen LogP contribution >= 0.6 is 23.2 Å². The van der Waals surface area contributed by atoms with Gasteiger partial charge in [-0.15, -0.1) is 0 Å². The van der Waals surface area contributed by atoms with Gasteiger partial charge in [-0.05, 0) is 29.8 Å². The summed E-state index contributed by atoms with van der Waals surface area (Å²) in [4.78, 5) is 11.8. The number of hydrogen-bond donors (Lipinski definition) is 1. The van der Waals surface area contributed by atoms with E-state index < -0.39 is 0 Å². The third-order valence-electron chi connectivity index (χ3n) is 2.60. The van der Waals surface area contributed by atoms with E-state index in [0.29, 0.717) is 15.6 Å². The van der Waals surface area contributed by atoms with Gasteiger partial charge in [0, 0.05) is 11.8 Å². The number of benzene rings is 2. The summed E-state index contributed by atoms with van der Waals surface area (Å²) in [6, 6.07) is 14.4. The third-order valence-corrected chi connectivity index (χ3v) is 3.34. The number of nitrogens with one attached hydrogen (secondary N) is 1. The van der Waals surface area contributed by atoms with E-state index >= 15 is 0 Å². The van der Waals surface area contributed by atoms with E-state index in [1.165, 1.54) is 12.3 Å². The Morgan fingerprint density at radius 3 is 2.52 bits per heavy atom. The third kappa shape index (κ3) is 4.74. The molecule has 2 aromatic rings. The average molecular weight is 319 g/mol. The monoisotopic (exact) mass is 318 g/mol. The van der Waals surface area contributed by atoms with Crippen LogP contribution in [0.2, 0.25) is 10.0 Å². The molecule has 0 saturated carbocycles. The van der Waals surface area contributed by atoms with E-state index in [1.807, 2.05) is 36.4 Å². The predicted molar refractivity (Wildman–Crippen MR) is 87.9 cm³/mol. The zero-order valence-corrected chi connectivity index (χ0v) is 12.5. The average Bonchev–Trinajstić information content (AvgIpc) is 2.50. The van der Waals surface area contributed by atoms with Gasteiger partial charge in [0.1, 0.15) is 0 Å². The second-order valence-electron chi connectivity index (χ2n) is 4.12. The highest BCUT2D eigenvalue weighted by Gasteiger charge is 2.06. The second-order valence-corrected chi connectivity index (χ2v) is 4.93. The van der Waals surface area contributed by atoms with Crippen LogP contribution in [0.1, 0.15) is 15.9 Å². The molecule has 0 aliphatic carbocycles. The Bertz CT molecular complexity index is 682. The maximum absolute atomic E-state index is 11.8. The Morgan fingerprint density at radius 2 is 1.81 bits per heavy atom.